The smallest absolute Gasteiger partial charge is 0.0916 e. The Morgan fingerprint density at radius 1 is 0.535 bits per heavy atom. The van der Waals surface area contributed by atoms with Gasteiger partial charge in [0.1, 0.15) is 0 Å². The number of nitrogens with one attached hydrogen (secondary N) is 3. The molecular formula is C39H42N4. The minimum absolute atomic E-state index is 0.459. The van der Waals surface area contributed by atoms with Crippen molar-refractivity contribution >= 4 is 44.2 Å². The lowest BCUT2D eigenvalue weighted by Crippen LogP contribution is -2.19. The van der Waals surface area contributed by atoms with E-state index < -0.39 is 0 Å². The Kier molecular flexibility index (Phi) is 5.59. The zero-order chi connectivity index (χ0) is 29.0. The fourth-order valence-electron chi connectivity index (χ4n) is 9.58. The van der Waals surface area contributed by atoms with E-state index in [1.807, 2.05) is 0 Å². The molecule has 5 heterocycles. The molecule has 4 aromatic heterocycles. The molecule has 4 aromatic rings. The monoisotopic (exact) mass is 566 g/mol. The van der Waals surface area contributed by atoms with Crippen LogP contribution in [0.15, 0.2) is 42.5 Å². The maximum atomic E-state index is 5.62. The molecular weight excluding hydrogens is 524 g/mol. The fraction of sp³-hybridized carbons (Fsp3) is 0.410. The second-order valence-electron chi connectivity index (χ2n) is 13.4. The summed E-state index contributed by atoms with van der Waals surface area (Å²) in [7, 11) is 0. The number of fused-ring (bicyclic) bond motifs is 11. The summed E-state index contributed by atoms with van der Waals surface area (Å²) in [5.74, 6) is 1.87. The maximum Gasteiger partial charge on any atom is 0.0916 e. The average Bonchev–Trinajstić information content (AvgIpc) is 3.80. The highest BCUT2D eigenvalue weighted by molar-refractivity contribution is 6.02. The zero-order valence-corrected chi connectivity index (χ0v) is 26.0. The molecule has 4 unspecified atom stereocenters. The molecule has 0 aromatic carbocycles. The second-order valence-corrected chi connectivity index (χ2v) is 13.4. The molecule has 43 heavy (non-hydrogen) atoms. The average molecular weight is 567 g/mol. The minimum atomic E-state index is 0.459. The molecule has 218 valence electrons. The Balaban J connectivity index is 1.50. The van der Waals surface area contributed by atoms with E-state index in [1.54, 1.807) is 0 Å². The van der Waals surface area contributed by atoms with Crippen LogP contribution in [0.5, 0.6) is 0 Å². The van der Waals surface area contributed by atoms with Gasteiger partial charge in [-0.05, 0) is 114 Å². The van der Waals surface area contributed by atoms with E-state index in [4.69, 9.17) is 4.98 Å². The lowest BCUT2D eigenvalue weighted by Gasteiger charge is -2.33. The van der Waals surface area contributed by atoms with Crippen LogP contribution in [-0.4, -0.2) is 19.9 Å². The first kappa shape index (κ1) is 25.7. The molecule has 0 spiro atoms. The molecule has 3 N–H and O–H groups in total. The van der Waals surface area contributed by atoms with Crippen LogP contribution in [0.1, 0.15) is 110 Å². The molecule has 6 aliphatic carbocycles. The van der Waals surface area contributed by atoms with Crippen molar-refractivity contribution in [3.05, 3.63) is 87.3 Å². The van der Waals surface area contributed by atoms with Gasteiger partial charge in [0.2, 0.25) is 0 Å². The van der Waals surface area contributed by atoms with E-state index in [-0.39, 0.29) is 0 Å². The Bertz CT molecular complexity index is 2050. The molecule has 1 aliphatic heterocycles. The Morgan fingerprint density at radius 3 is 1.53 bits per heavy atom. The first-order valence-corrected chi connectivity index (χ1v) is 17.0. The van der Waals surface area contributed by atoms with Gasteiger partial charge in [0, 0.05) is 51.3 Å². The lowest BCUT2D eigenvalue weighted by molar-refractivity contribution is 0.557. The largest absolute Gasteiger partial charge is 0.355 e. The van der Waals surface area contributed by atoms with Gasteiger partial charge in [-0.1, -0.05) is 52.0 Å². The number of aromatic nitrogens is 4. The SMILES string of the molecule is CCc1c(CC)c2cc3[nH]c(cc4[nH]c(c5nc(cc1[nH]2)C1=C5C2C=CC1CC2)c1c4C2C=CC1CC2)c(CC)c3CC. The number of hydrogen-bond acceptors (Lipinski definition) is 1. The van der Waals surface area contributed by atoms with Gasteiger partial charge in [-0.15, -0.1) is 0 Å². The summed E-state index contributed by atoms with van der Waals surface area (Å²) in [5, 5.41) is 0. The van der Waals surface area contributed by atoms with Crippen molar-refractivity contribution in [1.82, 2.24) is 19.9 Å². The Morgan fingerprint density at radius 2 is 1.00 bits per heavy atom. The number of allylic oxidation sites excluding steroid dienone is 6. The molecule has 4 heteroatoms. The van der Waals surface area contributed by atoms with E-state index in [2.05, 4.69) is 85.2 Å². The van der Waals surface area contributed by atoms with E-state index in [9.17, 15) is 0 Å². The topological polar surface area (TPSA) is 60.3 Å². The van der Waals surface area contributed by atoms with Gasteiger partial charge in [0.15, 0.2) is 0 Å². The highest BCUT2D eigenvalue weighted by atomic mass is 14.8. The molecule has 12 bridgehead atoms. The van der Waals surface area contributed by atoms with Crippen LogP contribution in [0.2, 0.25) is 0 Å². The number of rotatable bonds is 4. The fourth-order valence-corrected chi connectivity index (χ4v) is 9.58. The predicted molar refractivity (Wildman–Crippen MR) is 180 cm³/mol. The summed E-state index contributed by atoms with van der Waals surface area (Å²) < 4.78 is 0. The third kappa shape index (κ3) is 3.47. The van der Waals surface area contributed by atoms with Gasteiger partial charge >= 0.3 is 0 Å². The van der Waals surface area contributed by atoms with Gasteiger partial charge < -0.3 is 15.0 Å². The quantitative estimate of drug-likeness (QED) is 0.212. The lowest BCUT2D eigenvalue weighted by atomic mass is 9.69. The van der Waals surface area contributed by atoms with Crippen molar-refractivity contribution in [2.24, 2.45) is 11.8 Å². The van der Waals surface area contributed by atoms with E-state index in [1.165, 1.54) is 115 Å². The summed E-state index contributed by atoms with van der Waals surface area (Å²) in [4.78, 5) is 17.5. The third-order valence-electron chi connectivity index (χ3n) is 11.5. The number of H-pyrrole nitrogens is 3. The molecule has 7 aliphatic rings. The van der Waals surface area contributed by atoms with Gasteiger partial charge in [-0.25, -0.2) is 4.98 Å². The standard InChI is InChI=1S/C39H42N4/c1-5-24-26(7-3)30-18-32-34-20-9-13-22(14-10-20)36(34)38(42-32)39-37-23-15-11-21(12-16-23)35(37)33(43-39)19-31-27(8-4)25(6-2)29(41-31)17-28(24)40-30/h9,11,13,15,17-23,40-42H,5-8,10,12,14,16H2,1-4H3. The molecule has 4 nitrogen and oxygen atoms in total. The van der Waals surface area contributed by atoms with Crippen LogP contribution >= 0.6 is 0 Å². The maximum absolute atomic E-state index is 5.62. The summed E-state index contributed by atoms with van der Waals surface area (Å²) in [6, 6.07) is 7.24. The molecule has 0 saturated heterocycles. The van der Waals surface area contributed by atoms with Gasteiger partial charge in [-0.2, -0.15) is 0 Å². The van der Waals surface area contributed by atoms with Crippen LogP contribution in [-0.2, 0) is 25.7 Å². The molecule has 11 rings (SSSR count). The summed E-state index contributed by atoms with van der Waals surface area (Å²) in [6.07, 6.45) is 18.9. The number of aromatic amines is 3. The third-order valence-corrected chi connectivity index (χ3v) is 11.5. The second kappa shape index (κ2) is 9.35. The van der Waals surface area contributed by atoms with Crippen LogP contribution in [0.4, 0.5) is 0 Å². The van der Waals surface area contributed by atoms with E-state index in [0.29, 0.717) is 23.7 Å². The normalized spacial score (nSPS) is 24.0. The van der Waals surface area contributed by atoms with Gasteiger partial charge in [0.05, 0.1) is 16.9 Å². The molecule has 4 atom stereocenters. The van der Waals surface area contributed by atoms with E-state index >= 15 is 0 Å². The van der Waals surface area contributed by atoms with Crippen LogP contribution in [0.3, 0.4) is 0 Å². The Hall–Kier alpha value is -3.79. The number of aryl methyl sites for hydroxylation is 4. The zero-order valence-electron chi connectivity index (χ0n) is 26.0. The molecule has 0 amide bonds. The minimum Gasteiger partial charge on any atom is -0.355 e. The van der Waals surface area contributed by atoms with Crippen molar-refractivity contribution in [2.45, 2.75) is 90.9 Å². The summed E-state index contributed by atoms with van der Waals surface area (Å²) in [5.41, 5.74) is 21.8. The van der Waals surface area contributed by atoms with Crippen LogP contribution in [0.25, 0.3) is 44.2 Å². The number of nitrogens with zero attached hydrogens (tertiary/aromatic N) is 1. The predicted octanol–water partition coefficient (Wildman–Crippen LogP) is 9.81. The van der Waals surface area contributed by atoms with Crippen LogP contribution < -0.4 is 0 Å². The summed E-state index contributed by atoms with van der Waals surface area (Å²) >= 11 is 0. The van der Waals surface area contributed by atoms with E-state index in [0.717, 1.165) is 25.7 Å². The van der Waals surface area contributed by atoms with Crippen LogP contribution in [0, 0.1) is 11.8 Å². The van der Waals surface area contributed by atoms with Gasteiger partial charge in [0.25, 0.3) is 0 Å². The first-order valence-electron chi connectivity index (χ1n) is 17.0. The van der Waals surface area contributed by atoms with Crippen molar-refractivity contribution in [3.8, 4) is 0 Å². The van der Waals surface area contributed by atoms with Gasteiger partial charge in [-0.3, -0.25) is 0 Å². The van der Waals surface area contributed by atoms with Crippen molar-refractivity contribution < 1.29 is 0 Å². The van der Waals surface area contributed by atoms with Crippen molar-refractivity contribution in [3.63, 3.8) is 0 Å². The molecule has 0 saturated carbocycles. The first-order chi connectivity index (χ1) is 21.1. The van der Waals surface area contributed by atoms with Crippen molar-refractivity contribution in [2.75, 3.05) is 0 Å². The highest BCUT2D eigenvalue weighted by Crippen LogP contribution is 2.55. The Labute approximate surface area is 253 Å². The molecule has 0 fully saturated rings. The number of hydrogen-bond donors (Lipinski definition) is 3. The molecule has 0 radical (unpaired) electrons. The highest BCUT2D eigenvalue weighted by Gasteiger charge is 2.40. The van der Waals surface area contributed by atoms with Crippen molar-refractivity contribution in [1.29, 1.82) is 0 Å². The summed E-state index contributed by atoms with van der Waals surface area (Å²) in [6.45, 7) is 9.21.